The van der Waals surface area contributed by atoms with Crippen LogP contribution in [0.2, 0.25) is 0 Å². The van der Waals surface area contributed by atoms with Gasteiger partial charge in [0.15, 0.2) is 0 Å². The monoisotopic (exact) mass is 293 g/mol. The van der Waals surface area contributed by atoms with Crippen LogP contribution in [-0.2, 0) is 19.6 Å². The number of carbonyl (C=O) groups excluding carboxylic acids is 1. The summed E-state index contributed by atoms with van der Waals surface area (Å²) in [7, 11) is -3.53. The lowest BCUT2D eigenvalue weighted by Gasteiger charge is -2.26. The molecule has 0 aromatic carbocycles. The van der Waals surface area contributed by atoms with Crippen molar-refractivity contribution >= 4 is 15.9 Å². The van der Waals surface area contributed by atoms with Crippen molar-refractivity contribution < 1.29 is 17.9 Å². The first-order valence-corrected chi connectivity index (χ1v) is 8.04. The molecule has 0 aromatic heterocycles. The number of nitrogens with two attached hydrogens (primary N) is 1. The van der Waals surface area contributed by atoms with Crippen LogP contribution in [-0.4, -0.2) is 62.8 Å². The van der Waals surface area contributed by atoms with E-state index in [0.29, 0.717) is 13.0 Å². The molecule has 1 aliphatic heterocycles. The highest BCUT2D eigenvalue weighted by molar-refractivity contribution is 7.89. The van der Waals surface area contributed by atoms with E-state index in [2.05, 4.69) is 5.32 Å². The Labute approximate surface area is 114 Å². The third kappa shape index (κ3) is 5.43. The summed E-state index contributed by atoms with van der Waals surface area (Å²) in [6, 6.07) is -0.198. The first kappa shape index (κ1) is 16.4. The molecule has 1 atom stereocenters. The minimum atomic E-state index is -3.53. The molecule has 1 fully saturated rings. The van der Waals surface area contributed by atoms with Gasteiger partial charge < -0.3 is 15.8 Å². The number of carbonyl (C=O) groups is 1. The Balaban J connectivity index is 2.68. The minimum Gasteiger partial charge on any atom is -0.378 e. The Hall–Kier alpha value is -0.700. The molecule has 1 heterocycles. The molecular weight excluding hydrogens is 270 g/mol. The molecule has 1 rings (SSSR count). The normalized spacial score (nSPS) is 20.3. The van der Waals surface area contributed by atoms with Crippen molar-refractivity contribution in [1.29, 1.82) is 0 Å². The molecule has 112 valence electrons. The van der Waals surface area contributed by atoms with Gasteiger partial charge in [-0.1, -0.05) is 0 Å². The summed E-state index contributed by atoms with van der Waals surface area (Å²) in [5.74, 6) is -0.769. The van der Waals surface area contributed by atoms with Crippen LogP contribution < -0.4 is 11.1 Å². The standard InChI is InChI=1S/C11H23N3O4S/c1-9(2)18-5-6-19(16,17)14(8-11(12)15)10-3-4-13-7-10/h9-10,13H,3-8H2,1-2H3,(H2,12,15). The van der Waals surface area contributed by atoms with E-state index >= 15 is 0 Å². The maximum absolute atomic E-state index is 12.2. The molecule has 0 bridgehead atoms. The van der Waals surface area contributed by atoms with Gasteiger partial charge in [-0.05, 0) is 26.8 Å². The van der Waals surface area contributed by atoms with Crippen LogP contribution in [0.5, 0.6) is 0 Å². The molecule has 0 spiro atoms. The molecule has 7 nitrogen and oxygen atoms in total. The van der Waals surface area contributed by atoms with E-state index in [9.17, 15) is 13.2 Å². The number of rotatable bonds is 8. The molecule has 0 aromatic rings. The quantitative estimate of drug-likeness (QED) is 0.591. The summed E-state index contributed by atoms with van der Waals surface area (Å²) in [6.07, 6.45) is 0.672. The SMILES string of the molecule is CC(C)OCCS(=O)(=O)N(CC(N)=O)C1CCNC1. The van der Waals surface area contributed by atoms with Crippen LogP contribution in [0.3, 0.4) is 0 Å². The van der Waals surface area contributed by atoms with Crippen molar-refractivity contribution in [2.24, 2.45) is 5.73 Å². The second kappa shape index (κ2) is 7.18. The molecule has 1 saturated heterocycles. The number of ether oxygens (including phenoxy) is 1. The van der Waals surface area contributed by atoms with Crippen molar-refractivity contribution in [2.45, 2.75) is 32.4 Å². The number of nitrogens with zero attached hydrogens (tertiary/aromatic N) is 1. The van der Waals surface area contributed by atoms with E-state index in [1.165, 1.54) is 4.31 Å². The highest BCUT2D eigenvalue weighted by atomic mass is 32.2. The van der Waals surface area contributed by atoms with Crippen molar-refractivity contribution in [1.82, 2.24) is 9.62 Å². The van der Waals surface area contributed by atoms with Crippen LogP contribution >= 0.6 is 0 Å². The maximum Gasteiger partial charge on any atom is 0.232 e. The Bertz CT molecular complexity index is 391. The van der Waals surface area contributed by atoms with Crippen molar-refractivity contribution in [2.75, 3.05) is 32.0 Å². The van der Waals surface area contributed by atoms with Crippen LogP contribution in [0.15, 0.2) is 0 Å². The molecule has 0 saturated carbocycles. The highest BCUT2D eigenvalue weighted by Gasteiger charge is 2.32. The van der Waals surface area contributed by atoms with Crippen LogP contribution in [0.25, 0.3) is 0 Å². The predicted molar refractivity (Wildman–Crippen MR) is 72.0 cm³/mol. The largest absolute Gasteiger partial charge is 0.378 e. The van der Waals surface area contributed by atoms with Gasteiger partial charge in [-0.15, -0.1) is 0 Å². The van der Waals surface area contributed by atoms with Crippen molar-refractivity contribution in [3.05, 3.63) is 0 Å². The molecule has 19 heavy (non-hydrogen) atoms. The van der Waals surface area contributed by atoms with Crippen LogP contribution in [0.1, 0.15) is 20.3 Å². The molecule has 0 radical (unpaired) electrons. The second-order valence-corrected chi connectivity index (χ2v) is 6.93. The first-order valence-electron chi connectivity index (χ1n) is 6.43. The number of nitrogens with one attached hydrogen (secondary N) is 1. The van der Waals surface area contributed by atoms with Gasteiger partial charge >= 0.3 is 0 Å². The number of hydrogen-bond donors (Lipinski definition) is 2. The fourth-order valence-corrected chi connectivity index (χ4v) is 3.50. The zero-order valence-electron chi connectivity index (χ0n) is 11.5. The zero-order valence-corrected chi connectivity index (χ0v) is 12.3. The number of primary amides is 1. The zero-order chi connectivity index (χ0) is 14.5. The second-order valence-electron chi connectivity index (χ2n) is 4.89. The summed E-state index contributed by atoms with van der Waals surface area (Å²) in [5.41, 5.74) is 5.14. The minimum absolute atomic E-state index is 0.0204. The number of amides is 1. The number of hydrogen-bond acceptors (Lipinski definition) is 5. The summed E-state index contributed by atoms with van der Waals surface area (Å²) < 4.78 is 31.0. The van der Waals surface area contributed by atoms with Gasteiger partial charge in [-0.2, -0.15) is 4.31 Å². The summed E-state index contributed by atoms with van der Waals surface area (Å²) in [4.78, 5) is 11.1. The van der Waals surface area contributed by atoms with Crippen molar-refractivity contribution in [3.8, 4) is 0 Å². The third-order valence-electron chi connectivity index (χ3n) is 2.90. The van der Waals surface area contributed by atoms with E-state index in [1.807, 2.05) is 13.8 Å². The van der Waals surface area contributed by atoms with Crippen LogP contribution in [0.4, 0.5) is 0 Å². The lowest BCUT2D eigenvalue weighted by Crippen LogP contribution is -2.47. The lowest BCUT2D eigenvalue weighted by atomic mass is 10.2. The Morgan fingerprint density at radius 1 is 1.53 bits per heavy atom. The predicted octanol–water partition coefficient (Wildman–Crippen LogP) is -1.11. The molecule has 0 aliphatic carbocycles. The smallest absolute Gasteiger partial charge is 0.232 e. The number of sulfonamides is 1. The average Bonchev–Trinajstić information content (AvgIpc) is 2.77. The van der Waals surface area contributed by atoms with Gasteiger partial charge in [0, 0.05) is 12.6 Å². The topological polar surface area (TPSA) is 102 Å². The van der Waals surface area contributed by atoms with Crippen LogP contribution in [0, 0.1) is 0 Å². The molecular formula is C11H23N3O4S. The summed E-state index contributed by atoms with van der Waals surface area (Å²) >= 11 is 0. The Morgan fingerprint density at radius 3 is 2.68 bits per heavy atom. The molecule has 8 heteroatoms. The van der Waals surface area contributed by atoms with E-state index in [4.69, 9.17) is 10.5 Å². The van der Waals surface area contributed by atoms with E-state index in [0.717, 1.165) is 6.54 Å². The van der Waals surface area contributed by atoms with Gasteiger partial charge in [0.25, 0.3) is 0 Å². The average molecular weight is 293 g/mol. The first-order chi connectivity index (χ1) is 8.83. The third-order valence-corrected chi connectivity index (χ3v) is 4.73. The highest BCUT2D eigenvalue weighted by Crippen LogP contribution is 2.14. The van der Waals surface area contributed by atoms with Crippen molar-refractivity contribution in [3.63, 3.8) is 0 Å². The summed E-state index contributed by atoms with van der Waals surface area (Å²) in [6.45, 7) is 4.84. The van der Waals surface area contributed by atoms with Gasteiger partial charge in [0.05, 0.1) is 25.0 Å². The molecule has 3 N–H and O–H groups in total. The van der Waals surface area contributed by atoms with Gasteiger partial charge in [-0.3, -0.25) is 4.79 Å². The lowest BCUT2D eigenvalue weighted by molar-refractivity contribution is -0.118. The van der Waals surface area contributed by atoms with E-state index < -0.39 is 15.9 Å². The Morgan fingerprint density at radius 2 is 2.21 bits per heavy atom. The maximum atomic E-state index is 12.2. The summed E-state index contributed by atoms with van der Waals surface area (Å²) in [5, 5.41) is 3.08. The molecule has 1 aliphatic rings. The van der Waals surface area contributed by atoms with Gasteiger partial charge in [0.1, 0.15) is 0 Å². The van der Waals surface area contributed by atoms with Gasteiger partial charge in [0.2, 0.25) is 15.9 Å². The Kier molecular flexibility index (Phi) is 6.18. The molecule has 1 unspecified atom stereocenters. The van der Waals surface area contributed by atoms with Gasteiger partial charge in [-0.25, -0.2) is 8.42 Å². The van der Waals surface area contributed by atoms with E-state index in [-0.39, 0.29) is 31.1 Å². The fraction of sp³-hybridized carbons (Fsp3) is 0.909. The van der Waals surface area contributed by atoms with E-state index in [1.54, 1.807) is 0 Å². The molecule has 1 amide bonds. The fourth-order valence-electron chi connectivity index (χ4n) is 2.00.